The minimum atomic E-state index is -0.811. The first-order valence-electron chi connectivity index (χ1n) is 6.60. The summed E-state index contributed by atoms with van der Waals surface area (Å²) in [6.07, 6.45) is 3.25. The molecule has 1 saturated carbocycles. The molecule has 108 valence electrons. The first kappa shape index (κ1) is 14.3. The highest BCUT2D eigenvalue weighted by molar-refractivity contribution is 5.80. The molecule has 2 rings (SSSR count). The van der Waals surface area contributed by atoms with Crippen molar-refractivity contribution in [2.24, 2.45) is 11.8 Å². The predicted molar refractivity (Wildman–Crippen MR) is 71.1 cm³/mol. The van der Waals surface area contributed by atoms with E-state index < -0.39 is 11.9 Å². The largest absolute Gasteiger partial charge is 0.481 e. The van der Waals surface area contributed by atoms with Crippen LogP contribution in [0.2, 0.25) is 0 Å². The molecule has 0 unspecified atom stereocenters. The number of carboxylic acids is 1. The molecule has 0 aliphatic heterocycles. The van der Waals surface area contributed by atoms with Crippen molar-refractivity contribution in [2.45, 2.75) is 25.8 Å². The summed E-state index contributed by atoms with van der Waals surface area (Å²) in [5.41, 5.74) is 0.802. The van der Waals surface area contributed by atoms with Crippen molar-refractivity contribution in [3.8, 4) is 5.88 Å². The lowest BCUT2D eigenvalue weighted by Gasteiger charge is -2.12. The maximum Gasteiger partial charge on any atom is 0.306 e. The number of carbonyl (C=O) groups excluding carboxylic acids is 1. The predicted octanol–water partition coefficient (Wildman–Crippen LogP) is 1.21. The molecule has 0 spiro atoms. The maximum atomic E-state index is 12.0. The Morgan fingerprint density at radius 1 is 1.45 bits per heavy atom. The maximum absolute atomic E-state index is 12.0. The highest BCUT2D eigenvalue weighted by Crippen LogP contribution is 2.31. The van der Waals surface area contributed by atoms with Gasteiger partial charge in [-0.05, 0) is 25.3 Å². The fourth-order valence-electron chi connectivity index (χ4n) is 2.51. The van der Waals surface area contributed by atoms with Gasteiger partial charge >= 0.3 is 5.97 Å². The normalized spacial score (nSPS) is 21.4. The molecular formula is C14H18N2O4. The Balaban J connectivity index is 1.88. The molecule has 0 radical (unpaired) electrons. The monoisotopic (exact) mass is 278 g/mol. The second-order valence-electron chi connectivity index (χ2n) is 4.93. The fraction of sp³-hybridized carbons (Fsp3) is 0.500. The molecule has 1 fully saturated rings. The third kappa shape index (κ3) is 3.26. The quantitative estimate of drug-likeness (QED) is 0.845. The van der Waals surface area contributed by atoms with Crippen molar-refractivity contribution in [2.75, 3.05) is 7.11 Å². The second kappa shape index (κ2) is 6.36. The molecule has 1 amide bonds. The lowest BCUT2D eigenvalue weighted by Crippen LogP contribution is -2.29. The van der Waals surface area contributed by atoms with Crippen LogP contribution in [0.4, 0.5) is 0 Å². The van der Waals surface area contributed by atoms with Gasteiger partial charge in [-0.25, -0.2) is 4.98 Å². The van der Waals surface area contributed by atoms with Crippen molar-refractivity contribution in [1.29, 1.82) is 0 Å². The molecule has 1 aliphatic carbocycles. The number of ether oxygens (including phenoxy) is 1. The molecule has 1 heterocycles. The van der Waals surface area contributed by atoms with E-state index in [0.717, 1.165) is 5.56 Å². The highest BCUT2D eigenvalue weighted by atomic mass is 16.5. The minimum absolute atomic E-state index is 0.0975. The Morgan fingerprint density at radius 3 is 2.85 bits per heavy atom. The lowest BCUT2D eigenvalue weighted by molar-refractivity contribution is -0.141. The van der Waals surface area contributed by atoms with Crippen LogP contribution in [0.25, 0.3) is 0 Å². The van der Waals surface area contributed by atoms with Crippen LogP contribution in [0.15, 0.2) is 18.3 Å². The number of carboxylic acid groups (broad SMARTS) is 1. The van der Waals surface area contributed by atoms with E-state index >= 15 is 0 Å². The average molecular weight is 278 g/mol. The standard InChI is InChI=1S/C14H18N2O4/c1-20-13-11(3-2-6-15-13)8-16-12(17)9-4-5-10(7-9)14(18)19/h2-3,6,9-10H,4-5,7-8H2,1H3,(H,16,17)(H,18,19)/t9-,10+/m1/s1. The number of hydrogen-bond donors (Lipinski definition) is 2. The topological polar surface area (TPSA) is 88.5 Å². The van der Waals surface area contributed by atoms with E-state index in [1.807, 2.05) is 6.07 Å². The number of aliphatic carboxylic acids is 1. The van der Waals surface area contributed by atoms with Crippen molar-refractivity contribution in [3.63, 3.8) is 0 Å². The zero-order valence-electron chi connectivity index (χ0n) is 11.3. The van der Waals surface area contributed by atoms with Gasteiger partial charge in [-0.2, -0.15) is 0 Å². The summed E-state index contributed by atoms with van der Waals surface area (Å²) in [7, 11) is 1.53. The van der Waals surface area contributed by atoms with Crippen LogP contribution in [0.3, 0.4) is 0 Å². The summed E-state index contributed by atoms with van der Waals surface area (Å²) in [5, 5.41) is 11.8. The summed E-state index contributed by atoms with van der Waals surface area (Å²) >= 11 is 0. The molecule has 0 saturated heterocycles. The van der Waals surface area contributed by atoms with Crippen LogP contribution in [0.5, 0.6) is 5.88 Å². The molecule has 6 heteroatoms. The summed E-state index contributed by atoms with van der Waals surface area (Å²) < 4.78 is 5.11. The Hall–Kier alpha value is -2.11. The third-order valence-corrected chi connectivity index (χ3v) is 3.65. The number of nitrogens with one attached hydrogen (secondary N) is 1. The number of nitrogens with zero attached hydrogens (tertiary/aromatic N) is 1. The van der Waals surface area contributed by atoms with E-state index in [-0.39, 0.29) is 11.8 Å². The van der Waals surface area contributed by atoms with Gasteiger partial charge in [-0.1, -0.05) is 6.07 Å². The highest BCUT2D eigenvalue weighted by Gasteiger charge is 2.33. The smallest absolute Gasteiger partial charge is 0.306 e. The van der Waals surface area contributed by atoms with E-state index in [4.69, 9.17) is 9.84 Å². The van der Waals surface area contributed by atoms with Gasteiger partial charge in [0.05, 0.1) is 13.0 Å². The first-order valence-corrected chi connectivity index (χ1v) is 6.60. The number of rotatable bonds is 5. The van der Waals surface area contributed by atoms with Crippen LogP contribution in [0, 0.1) is 11.8 Å². The molecule has 1 aromatic rings. The van der Waals surface area contributed by atoms with Gasteiger partial charge in [-0.3, -0.25) is 9.59 Å². The molecule has 1 aromatic heterocycles. The van der Waals surface area contributed by atoms with Gasteiger partial charge < -0.3 is 15.2 Å². The van der Waals surface area contributed by atoms with Gasteiger partial charge in [-0.15, -0.1) is 0 Å². The summed E-state index contributed by atoms with van der Waals surface area (Å²) in [5.74, 6) is -1.02. The summed E-state index contributed by atoms with van der Waals surface area (Å²) in [4.78, 5) is 27.0. The van der Waals surface area contributed by atoms with E-state index in [1.165, 1.54) is 7.11 Å². The zero-order chi connectivity index (χ0) is 14.5. The number of carbonyl (C=O) groups is 2. The number of hydrogen-bond acceptors (Lipinski definition) is 4. The van der Waals surface area contributed by atoms with Gasteiger partial charge in [0.1, 0.15) is 0 Å². The fourth-order valence-corrected chi connectivity index (χ4v) is 2.51. The van der Waals surface area contributed by atoms with E-state index in [9.17, 15) is 9.59 Å². The molecule has 0 aromatic carbocycles. The number of methoxy groups -OCH3 is 1. The van der Waals surface area contributed by atoms with Gasteiger partial charge in [0, 0.05) is 24.2 Å². The summed E-state index contributed by atoms with van der Waals surface area (Å²) in [6, 6.07) is 3.61. The van der Waals surface area contributed by atoms with Gasteiger partial charge in [0.15, 0.2) is 0 Å². The van der Waals surface area contributed by atoms with Crippen molar-refractivity contribution >= 4 is 11.9 Å². The van der Waals surface area contributed by atoms with E-state index in [1.54, 1.807) is 12.3 Å². The van der Waals surface area contributed by atoms with Gasteiger partial charge in [0.25, 0.3) is 0 Å². The lowest BCUT2D eigenvalue weighted by atomic mass is 10.0. The van der Waals surface area contributed by atoms with E-state index in [0.29, 0.717) is 31.7 Å². The van der Waals surface area contributed by atoms with Crippen LogP contribution < -0.4 is 10.1 Å². The van der Waals surface area contributed by atoms with Crippen molar-refractivity contribution in [3.05, 3.63) is 23.9 Å². The summed E-state index contributed by atoms with van der Waals surface area (Å²) in [6.45, 7) is 0.337. The van der Waals surface area contributed by atoms with Crippen molar-refractivity contribution in [1.82, 2.24) is 10.3 Å². The molecule has 2 atom stereocenters. The second-order valence-corrected chi connectivity index (χ2v) is 4.93. The molecule has 6 nitrogen and oxygen atoms in total. The first-order chi connectivity index (χ1) is 9.61. The third-order valence-electron chi connectivity index (χ3n) is 3.65. The minimum Gasteiger partial charge on any atom is -0.481 e. The SMILES string of the molecule is COc1ncccc1CNC(=O)[C@@H]1CC[C@H](C(=O)O)C1. The molecule has 1 aliphatic rings. The van der Waals surface area contributed by atoms with Crippen LogP contribution in [-0.2, 0) is 16.1 Å². The molecule has 2 N–H and O–H groups in total. The Bertz CT molecular complexity index is 504. The number of amides is 1. The zero-order valence-corrected chi connectivity index (χ0v) is 11.3. The van der Waals surface area contributed by atoms with Crippen LogP contribution >= 0.6 is 0 Å². The number of pyridine rings is 1. The Labute approximate surface area is 117 Å². The number of aromatic nitrogens is 1. The van der Waals surface area contributed by atoms with E-state index in [2.05, 4.69) is 10.3 Å². The van der Waals surface area contributed by atoms with Gasteiger partial charge in [0.2, 0.25) is 11.8 Å². The van der Waals surface area contributed by atoms with Crippen molar-refractivity contribution < 1.29 is 19.4 Å². The molecule has 0 bridgehead atoms. The Kier molecular flexibility index (Phi) is 4.55. The molecular weight excluding hydrogens is 260 g/mol. The Morgan fingerprint density at radius 2 is 2.20 bits per heavy atom. The molecule has 20 heavy (non-hydrogen) atoms. The van der Waals surface area contributed by atoms with Crippen LogP contribution in [-0.4, -0.2) is 29.1 Å². The average Bonchev–Trinajstić information content (AvgIpc) is 2.95. The van der Waals surface area contributed by atoms with Crippen LogP contribution in [0.1, 0.15) is 24.8 Å².